The first-order valence-corrected chi connectivity index (χ1v) is 12.0. The topological polar surface area (TPSA) is 167 Å². The fraction of sp³-hybridized carbons (Fsp3) is 0.240. The Morgan fingerprint density at radius 2 is 1.95 bits per heavy atom. The summed E-state index contributed by atoms with van der Waals surface area (Å²) < 4.78 is 15.8. The molecule has 4 aromatic rings. The van der Waals surface area contributed by atoms with Crippen molar-refractivity contribution in [2.24, 2.45) is 7.05 Å². The van der Waals surface area contributed by atoms with E-state index < -0.39 is 24.2 Å². The van der Waals surface area contributed by atoms with Crippen molar-refractivity contribution in [3.8, 4) is 17.5 Å². The first kappa shape index (κ1) is 27.4. The second kappa shape index (κ2) is 11.4. The van der Waals surface area contributed by atoms with Crippen LogP contribution in [-0.2, 0) is 7.05 Å². The summed E-state index contributed by atoms with van der Waals surface area (Å²) in [4.78, 5) is 21.4. The van der Waals surface area contributed by atoms with Crippen molar-refractivity contribution in [2.45, 2.75) is 25.6 Å². The molecule has 14 heteroatoms. The lowest BCUT2D eigenvalue weighted by molar-refractivity contribution is -0.00177. The Labute approximate surface area is 227 Å². The quantitative estimate of drug-likeness (QED) is 0.242. The molecule has 12 nitrogen and oxygen atoms in total. The number of nitriles is 1. The maximum absolute atomic E-state index is 14.3. The monoisotopic (exact) mass is 550 g/mol. The molecule has 0 fully saturated rings. The molecular weight excluding hydrogens is 527 g/mol. The van der Waals surface area contributed by atoms with Crippen molar-refractivity contribution < 1.29 is 14.3 Å². The van der Waals surface area contributed by atoms with Gasteiger partial charge < -0.3 is 21.1 Å². The molecule has 1 atom stereocenters. The van der Waals surface area contributed by atoms with Crippen molar-refractivity contribution in [1.29, 1.82) is 5.26 Å². The molecule has 0 saturated carbocycles. The highest BCUT2D eigenvalue weighted by Gasteiger charge is 2.27. The molecule has 0 aliphatic heterocycles. The van der Waals surface area contributed by atoms with Crippen LogP contribution in [0.15, 0.2) is 48.8 Å². The van der Waals surface area contributed by atoms with Gasteiger partial charge in [-0.25, -0.2) is 19.0 Å². The number of amides is 1. The van der Waals surface area contributed by atoms with Crippen LogP contribution in [0.1, 0.15) is 29.8 Å². The van der Waals surface area contributed by atoms with Crippen molar-refractivity contribution in [3.05, 3.63) is 64.9 Å². The van der Waals surface area contributed by atoms with E-state index in [1.807, 2.05) is 18.2 Å². The van der Waals surface area contributed by atoms with E-state index in [0.717, 1.165) is 5.56 Å². The number of tetrazole rings is 1. The number of anilines is 4. The minimum Gasteiger partial charge on any atom is -0.387 e. The van der Waals surface area contributed by atoms with E-state index in [4.69, 9.17) is 16.9 Å². The van der Waals surface area contributed by atoms with Crippen molar-refractivity contribution in [3.63, 3.8) is 0 Å². The number of hydrogen-bond acceptors (Lipinski definition) is 10. The van der Waals surface area contributed by atoms with E-state index >= 15 is 0 Å². The van der Waals surface area contributed by atoms with Gasteiger partial charge in [0.25, 0.3) is 5.91 Å². The molecule has 0 aliphatic carbocycles. The number of aryl methyl sites for hydroxylation is 1. The summed E-state index contributed by atoms with van der Waals surface area (Å²) in [5, 5.41) is 39.2. The van der Waals surface area contributed by atoms with E-state index in [0.29, 0.717) is 28.6 Å². The SMILES string of the molecule is Cn1nnnc1-c1ccc(Nc2cc(Nc3ncc(C#N)cc3Cl)ncc2C(=O)NCC(F)C(C)(C)O)cc1. The van der Waals surface area contributed by atoms with Gasteiger partial charge in [0.2, 0.25) is 0 Å². The van der Waals surface area contributed by atoms with Crippen LogP contribution in [-0.4, -0.2) is 59.5 Å². The third-order valence-corrected chi connectivity index (χ3v) is 5.90. The molecule has 3 aromatic heterocycles. The average molecular weight is 551 g/mol. The van der Waals surface area contributed by atoms with Crippen LogP contribution in [0.2, 0.25) is 5.02 Å². The standard InChI is InChI=1S/C25H24ClFN10O2/c1-25(2,39)20(27)13-31-24(38)17-12-29-21(33-22-18(26)8-14(10-28)11-30-22)9-19(17)32-16-6-4-15(5-7-16)23-34-35-36-37(23)3/h4-9,11-12,20,39H,13H2,1-3H3,(H,31,38)(H2,29,30,32,33). The third-order valence-electron chi connectivity index (χ3n) is 5.62. The van der Waals surface area contributed by atoms with Crippen molar-refractivity contribution in [2.75, 3.05) is 17.2 Å². The van der Waals surface area contributed by atoms with E-state index in [1.54, 1.807) is 29.9 Å². The van der Waals surface area contributed by atoms with Crippen molar-refractivity contribution >= 4 is 40.5 Å². The summed E-state index contributed by atoms with van der Waals surface area (Å²) in [6, 6.07) is 12.2. The Morgan fingerprint density at radius 3 is 2.56 bits per heavy atom. The molecule has 3 heterocycles. The normalized spacial score (nSPS) is 11.9. The number of benzene rings is 1. The summed E-state index contributed by atoms with van der Waals surface area (Å²) in [6.07, 6.45) is 0.993. The summed E-state index contributed by atoms with van der Waals surface area (Å²) in [6.45, 7) is 2.25. The molecule has 0 radical (unpaired) electrons. The molecule has 1 unspecified atom stereocenters. The smallest absolute Gasteiger partial charge is 0.255 e. The maximum Gasteiger partial charge on any atom is 0.255 e. The number of alkyl halides is 1. The minimum absolute atomic E-state index is 0.129. The lowest BCUT2D eigenvalue weighted by Crippen LogP contribution is -2.42. The molecular formula is C25H24ClFN10O2. The first-order chi connectivity index (χ1) is 18.5. The van der Waals surface area contributed by atoms with Gasteiger partial charge >= 0.3 is 0 Å². The highest BCUT2D eigenvalue weighted by Crippen LogP contribution is 2.28. The average Bonchev–Trinajstić information content (AvgIpc) is 3.34. The number of nitrogens with zero attached hydrogens (tertiary/aromatic N) is 7. The van der Waals surface area contributed by atoms with Crippen LogP contribution < -0.4 is 16.0 Å². The minimum atomic E-state index is -1.68. The number of rotatable bonds is 9. The Kier molecular flexibility index (Phi) is 7.99. The molecule has 4 N–H and O–H groups in total. The molecule has 0 aliphatic rings. The van der Waals surface area contributed by atoms with Gasteiger partial charge in [0.15, 0.2) is 5.82 Å². The van der Waals surface area contributed by atoms with Crippen LogP contribution in [0, 0.1) is 11.3 Å². The molecule has 39 heavy (non-hydrogen) atoms. The molecule has 0 bridgehead atoms. The van der Waals surface area contributed by atoms with E-state index in [9.17, 15) is 14.3 Å². The zero-order valence-corrected chi connectivity index (χ0v) is 21.9. The van der Waals surface area contributed by atoms with Gasteiger partial charge in [-0.15, -0.1) is 5.10 Å². The Balaban J connectivity index is 1.62. The molecule has 0 saturated heterocycles. The van der Waals surface area contributed by atoms with Gasteiger partial charge in [-0.1, -0.05) is 11.6 Å². The van der Waals surface area contributed by atoms with Gasteiger partial charge in [-0.05, 0) is 54.6 Å². The van der Waals surface area contributed by atoms with Gasteiger partial charge in [0.1, 0.15) is 23.9 Å². The van der Waals surface area contributed by atoms with E-state index in [1.165, 1.54) is 32.3 Å². The van der Waals surface area contributed by atoms with Crippen LogP contribution in [0.4, 0.5) is 27.4 Å². The number of pyridine rings is 2. The maximum atomic E-state index is 14.3. The lowest BCUT2D eigenvalue weighted by Gasteiger charge is -2.22. The molecule has 1 amide bonds. The predicted molar refractivity (Wildman–Crippen MR) is 143 cm³/mol. The third kappa shape index (κ3) is 6.61. The number of aromatic nitrogens is 6. The first-order valence-electron chi connectivity index (χ1n) is 11.6. The van der Waals surface area contributed by atoms with Crippen LogP contribution in [0.3, 0.4) is 0 Å². The second-order valence-electron chi connectivity index (χ2n) is 9.07. The molecule has 1 aromatic carbocycles. The number of carbonyl (C=O) groups excluding carboxylic acids is 1. The summed E-state index contributed by atoms with van der Waals surface area (Å²) in [5.74, 6) is 0.546. The summed E-state index contributed by atoms with van der Waals surface area (Å²) in [5.41, 5.74) is 0.573. The Morgan fingerprint density at radius 1 is 1.21 bits per heavy atom. The van der Waals surface area contributed by atoms with Crippen molar-refractivity contribution in [1.82, 2.24) is 35.5 Å². The molecule has 0 spiro atoms. The number of carbonyl (C=O) groups is 1. The van der Waals surface area contributed by atoms with Gasteiger partial charge in [-0.3, -0.25) is 4.79 Å². The molecule has 200 valence electrons. The second-order valence-corrected chi connectivity index (χ2v) is 9.47. The zero-order chi connectivity index (χ0) is 28.2. The molecule has 4 rings (SSSR count). The van der Waals surface area contributed by atoms with Crippen LogP contribution >= 0.6 is 11.6 Å². The highest BCUT2D eigenvalue weighted by molar-refractivity contribution is 6.33. The predicted octanol–water partition coefficient (Wildman–Crippen LogP) is 3.52. The Bertz CT molecular complexity index is 1530. The highest BCUT2D eigenvalue weighted by atomic mass is 35.5. The summed E-state index contributed by atoms with van der Waals surface area (Å²) in [7, 11) is 1.73. The van der Waals surface area contributed by atoms with E-state index in [2.05, 4.69) is 41.4 Å². The largest absolute Gasteiger partial charge is 0.387 e. The summed E-state index contributed by atoms with van der Waals surface area (Å²) >= 11 is 6.23. The van der Waals surface area contributed by atoms with Crippen LogP contribution in [0.25, 0.3) is 11.4 Å². The number of halogens is 2. The Hall–Kier alpha value is -4.67. The fourth-order valence-corrected chi connectivity index (χ4v) is 3.59. The van der Waals surface area contributed by atoms with E-state index in [-0.39, 0.29) is 16.4 Å². The zero-order valence-electron chi connectivity index (χ0n) is 21.1. The fourth-order valence-electron chi connectivity index (χ4n) is 3.38. The van der Waals surface area contributed by atoms with Gasteiger partial charge in [0, 0.05) is 36.8 Å². The van der Waals surface area contributed by atoms with Gasteiger partial charge in [0.05, 0.1) is 34.0 Å². The number of aliphatic hydroxyl groups is 1. The van der Waals surface area contributed by atoms with Crippen LogP contribution in [0.5, 0.6) is 0 Å². The number of nitrogens with one attached hydrogen (secondary N) is 3. The van der Waals surface area contributed by atoms with Gasteiger partial charge in [-0.2, -0.15) is 5.26 Å². The number of hydrogen-bond donors (Lipinski definition) is 4. The lowest BCUT2D eigenvalue weighted by atomic mass is 10.0.